The Balaban J connectivity index is 1.98. The van der Waals surface area contributed by atoms with Crippen LogP contribution >= 0.6 is 0 Å². The molecule has 0 bridgehead atoms. The summed E-state index contributed by atoms with van der Waals surface area (Å²) in [5.41, 5.74) is 1.53. The van der Waals surface area contributed by atoms with E-state index in [-0.39, 0.29) is 17.8 Å². The lowest BCUT2D eigenvalue weighted by molar-refractivity contribution is 0.0931. The maximum absolute atomic E-state index is 13.0. The van der Waals surface area contributed by atoms with Crippen molar-refractivity contribution in [3.63, 3.8) is 0 Å². The second-order valence-electron chi connectivity index (χ2n) is 7.14. The zero-order chi connectivity index (χ0) is 20.7. The Kier molecular flexibility index (Phi) is 7.81. The highest BCUT2D eigenvalue weighted by Crippen LogP contribution is 2.29. The van der Waals surface area contributed by atoms with Crippen LogP contribution in [0, 0.1) is 5.82 Å². The Morgan fingerprint density at radius 2 is 1.79 bits per heavy atom. The fourth-order valence-corrected chi connectivity index (χ4v) is 2.58. The molecule has 0 saturated heterocycles. The zero-order valence-corrected chi connectivity index (χ0v) is 17.2. The van der Waals surface area contributed by atoms with E-state index in [0.717, 1.165) is 12.1 Å². The Bertz CT molecular complexity index is 778. The average molecular weight is 388 g/mol. The van der Waals surface area contributed by atoms with Gasteiger partial charge in [-0.1, -0.05) is 6.07 Å². The van der Waals surface area contributed by atoms with Crippen LogP contribution in [-0.4, -0.2) is 43.7 Å². The number of benzene rings is 2. The van der Waals surface area contributed by atoms with Gasteiger partial charge in [0.1, 0.15) is 11.9 Å². The topological polar surface area (TPSA) is 50.8 Å². The summed E-state index contributed by atoms with van der Waals surface area (Å²) in [5, 5.41) is 2.80. The van der Waals surface area contributed by atoms with Crippen LogP contribution in [0.1, 0.15) is 36.7 Å². The van der Waals surface area contributed by atoms with Crippen molar-refractivity contribution >= 4 is 5.91 Å². The third kappa shape index (κ3) is 6.23. The molecule has 0 fully saturated rings. The van der Waals surface area contributed by atoms with E-state index in [1.54, 1.807) is 7.11 Å². The summed E-state index contributed by atoms with van der Waals surface area (Å²) in [6.45, 7) is 7.28. The molecule has 1 atom stereocenters. The first kappa shape index (κ1) is 21.7. The van der Waals surface area contributed by atoms with Gasteiger partial charge in [-0.05, 0) is 69.8 Å². The second-order valence-corrected chi connectivity index (χ2v) is 7.14. The number of carbonyl (C=O) groups is 1. The van der Waals surface area contributed by atoms with Gasteiger partial charge in [0, 0.05) is 18.2 Å². The van der Waals surface area contributed by atoms with Crippen molar-refractivity contribution in [2.45, 2.75) is 39.5 Å². The lowest BCUT2D eigenvalue weighted by atomic mass is 10.1. The highest BCUT2D eigenvalue weighted by molar-refractivity contribution is 5.94. The third-order valence-electron chi connectivity index (χ3n) is 4.53. The van der Waals surface area contributed by atoms with Crippen LogP contribution in [0.4, 0.5) is 4.39 Å². The van der Waals surface area contributed by atoms with Gasteiger partial charge in [0.05, 0.1) is 13.7 Å². The number of hydrogen-bond acceptors (Lipinski definition) is 4. The molecule has 1 N–H and O–H groups in total. The van der Waals surface area contributed by atoms with E-state index >= 15 is 0 Å². The Morgan fingerprint density at radius 1 is 1.11 bits per heavy atom. The molecule has 0 saturated carbocycles. The van der Waals surface area contributed by atoms with E-state index in [4.69, 9.17) is 9.47 Å². The van der Waals surface area contributed by atoms with E-state index < -0.39 is 0 Å². The van der Waals surface area contributed by atoms with Gasteiger partial charge in [-0.15, -0.1) is 0 Å². The van der Waals surface area contributed by atoms with Crippen molar-refractivity contribution in [3.05, 3.63) is 59.4 Å². The molecule has 28 heavy (non-hydrogen) atoms. The second kappa shape index (κ2) is 10.1. The standard InChI is InChI=1S/C22H29FN2O3/c1-15(2)25(4)14-17-6-11-20(27-5)21(12-17)28-16(3)13-24-22(26)18-7-9-19(23)10-8-18/h6-12,15-16H,13-14H2,1-5H3,(H,24,26)/t16-/m0/s1. The number of nitrogens with one attached hydrogen (secondary N) is 1. The number of ether oxygens (including phenoxy) is 2. The first-order valence-electron chi connectivity index (χ1n) is 9.37. The molecule has 0 spiro atoms. The van der Waals surface area contributed by atoms with Crippen molar-refractivity contribution in [3.8, 4) is 11.5 Å². The van der Waals surface area contributed by atoms with Crippen LogP contribution in [0.2, 0.25) is 0 Å². The molecule has 0 heterocycles. The Hall–Kier alpha value is -2.60. The highest BCUT2D eigenvalue weighted by atomic mass is 19.1. The molecular weight excluding hydrogens is 359 g/mol. The van der Waals surface area contributed by atoms with Crippen LogP contribution in [0.15, 0.2) is 42.5 Å². The molecule has 2 aromatic rings. The van der Waals surface area contributed by atoms with E-state index in [1.807, 2.05) is 25.1 Å². The lowest BCUT2D eigenvalue weighted by Gasteiger charge is -2.22. The van der Waals surface area contributed by atoms with Crippen molar-refractivity contribution in [1.82, 2.24) is 10.2 Å². The number of halogens is 1. The molecule has 6 heteroatoms. The van der Waals surface area contributed by atoms with Gasteiger partial charge in [0.15, 0.2) is 11.5 Å². The molecule has 0 unspecified atom stereocenters. The summed E-state index contributed by atoms with van der Waals surface area (Å²) in [7, 11) is 3.67. The van der Waals surface area contributed by atoms with Gasteiger partial charge in [-0.25, -0.2) is 4.39 Å². The predicted octanol–water partition coefficient (Wildman–Crippen LogP) is 3.87. The lowest BCUT2D eigenvalue weighted by Crippen LogP contribution is -2.33. The summed E-state index contributed by atoms with van der Waals surface area (Å²) < 4.78 is 24.4. The number of rotatable bonds is 9. The minimum atomic E-state index is -0.372. The van der Waals surface area contributed by atoms with Gasteiger partial charge in [0.25, 0.3) is 5.91 Å². The van der Waals surface area contributed by atoms with Gasteiger partial charge >= 0.3 is 0 Å². The molecule has 0 aliphatic carbocycles. The molecule has 0 aliphatic heterocycles. The summed E-state index contributed by atoms with van der Waals surface area (Å²) >= 11 is 0. The van der Waals surface area contributed by atoms with E-state index in [1.165, 1.54) is 24.3 Å². The number of hydrogen-bond donors (Lipinski definition) is 1. The van der Waals surface area contributed by atoms with Crippen molar-refractivity contribution in [1.29, 1.82) is 0 Å². The van der Waals surface area contributed by atoms with Gasteiger partial charge in [-0.2, -0.15) is 0 Å². The first-order chi connectivity index (χ1) is 13.3. The SMILES string of the molecule is COc1ccc(CN(C)C(C)C)cc1O[C@@H](C)CNC(=O)c1ccc(F)cc1. The molecule has 152 valence electrons. The van der Waals surface area contributed by atoms with Crippen LogP contribution in [0.5, 0.6) is 11.5 Å². The normalized spacial score (nSPS) is 12.1. The minimum Gasteiger partial charge on any atom is -0.493 e. The molecule has 2 rings (SSSR count). The van der Waals surface area contributed by atoms with Crippen molar-refractivity contribution in [2.24, 2.45) is 0 Å². The van der Waals surface area contributed by atoms with Crippen LogP contribution in [-0.2, 0) is 6.54 Å². The number of nitrogens with zero attached hydrogens (tertiary/aromatic N) is 1. The molecule has 1 amide bonds. The molecular formula is C22H29FN2O3. The third-order valence-corrected chi connectivity index (χ3v) is 4.53. The summed E-state index contributed by atoms with van der Waals surface area (Å²) in [4.78, 5) is 14.4. The summed E-state index contributed by atoms with van der Waals surface area (Å²) in [5.74, 6) is 0.645. The molecule has 0 radical (unpaired) electrons. The van der Waals surface area contributed by atoms with E-state index in [2.05, 4.69) is 31.1 Å². The number of amides is 1. The first-order valence-corrected chi connectivity index (χ1v) is 9.37. The average Bonchev–Trinajstić information content (AvgIpc) is 2.66. The fourth-order valence-electron chi connectivity index (χ4n) is 2.58. The van der Waals surface area contributed by atoms with Crippen molar-refractivity contribution in [2.75, 3.05) is 20.7 Å². The highest BCUT2D eigenvalue weighted by Gasteiger charge is 2.14. The predicted molar refractivity (Wildman–Crippen MR) is 108 cm³/mol. The monoisotopic (exact) mass is 388 g/mol. The van der Waals surface area contributed by atoms with Crippen molar-refractivity contribution < 1.29 is 18.7 Å². The van der Waals surface area contributed by atoms with Gasteiger partial charge < -0.3 is 14.8 Å². The minimum absolute atomic E-state index is 0.267. The smallest absolute Gasteiger partial charge is 0.251 e. The van der Waals surface area contributed by atoms with Crippen LogP contribution in [0.3, 0.4) is 0 Å². The molecule has 0 aromatic heterocycles. The largest absolute Gasteiger partial charge is 0.493 e. The maximum atomic E-state index is 13.0. The number of carbonyl (C=O) groups excluding carboxylic acids is 1. The summed E-state index contributed by atoms with van der Waals surface area (Å²) in [6.07, 6.45) is -0.267. The Labute approximate surface area is 166 Å². The summed E-state index contributed by atoms with van der Waals surface area (Å²) in [6, 6.07) is 11.7. The number of methoxy groups -OCH3 is 1. The Morgan fingerprint density at radius 3 is 2.39 bits per heavy atom. The zero-order valence-electron chi connectivity index (χ0n) is 17.2. The fraction of sp³-hybridized carbons (Fsp3) is 0.409. The quantitative estimate of drug-likeness (QED) is 0.708. The van der Waals surface area contributed by atoms with Crippen LogP contribution in [0.25, 0.3) is 0 Å². The van der Waals surface area contributed by atoms with Crippen LogP contribution < -0.4 is 14.8 Å². The van der Waals surface area contributed by atoms with Gasteiger partial charge in [-0.3, -0.25) is 9.69 Å². The molecule has 0 aliphatic rings. The van der Waals surface area contributed by atoms with E-state index in [0.29, 0.717) is 29.6 Å². The van der Waals surface area contributed by atoms with E-state index in [9.17, 15) is 9.18 Å². The maximum Gasteiger partial charge on any atom is 0.251 e. The van der Waals surface area contributed by atoms with Gasteiger partial charge in [0.2, 0.25) is 0 Å². The molecule has 5 nitrogen and oxygen atoms in total. The molecule has 2 aromatic carbocycles.